The molecule has 0 aromatic heterocycles. The van der Waals surface area contributed by atoms with Gasteiger partial charge in [0.1, 0.15) is 5.78 Å². The van der Waals surface area contributed by atoms with E-state index in [1.54, 1.807) is 0 Å². The molecule has 4 saturated carbocycles. The van der Waals surface area contributed by atoms with Crippen LogP contribution in [0.5, 0.6) is 0 Å². The van der Waals surface area contributed by atoms with Crippen molar-refractivity contribution in [2.75, 3.05) is 0 Å². The molecule has 70 valence electrons. The van der Waals surface area contributed by atoms with Crippen molar-refractivity contribution in [3.8, 4) is 0 Å². The van der Waals surface area contributed by atoms with Gasteiger partial charge in [-0.05, 0) is 54.8 Å². The van der Waals surface area contributed by atoms with E-state index in [2.05, 4.69) is 0 Å². The molecule has 4 rings (SSSR count). The molecule has 2 bridgehead atoms. The second-order valence-corrected chi connectivity index (χ2v) is 5.74. The molecule has 6 unspecified atom stereocenters. The summed E-state index contributed by atoms with van der Waals surface area (Å²) in [6.45, 7) is 0. The molecule has 4 aliphatic rings. The molecule has 6 atom stereocenters. The molecule has 0 N–H and O–H groups in total. The van der Waals surface area contributed by atoms with Gasteiger partial charge < -0.3 is 0 Å². The monoisotopic (exact) mass is 176 g/mol. The van der Waals surface area contributed by atoms with E-state index in [1.807, 2.05) is 0 Å². The van der Waals surface area contributed by atoms with Crippen LogP contribution in [0.2, 0.25) is 0 Å². The van der Waals surface area contributed by atoms with E-state index < -0.39 is 0 Å². The van der Waals surface area contributed by atoms with Crippen molar-refractivity contribution >= 4 is 5.78 Å². The van der Waals surface area contributed by atoms with Crippen LogP contribution >= 0.6 is 0 Å². The fourth-order valence-corrected chi connectivity index (χ4v) is 5.11. The van der Waals surface area contributed by atoms with Gasteiger partial charge in [0.15, 0.2) is 0 Å². The molecule has 0 heterocycles. The van der Waals surface area contributed by atoms with Crippen LogP contribution in [0.3, 0.4) is 0 Å². The van der Waals surface area contributed by atoms with Gasteiger partial charge in [-0.15, -0.1) is 0 Å². The third-order valence-electron chi connectivity index (χ3n) is 5.60. The summed E-state index contributed by atoms with van der Waals surface area (Å²) in [7, 11) is 0. The van der Waals surface area contributed by atoms with Gasteiger partial charge in [-0.25, -0.2) is 0 Å². The van der Waals surface area contributed by atoms with Crippen LogP contribution in [0, 0.1) is 35.5 Å². The molecule has 0 saturated heterocycles. The number of ketones is 1. The van der Waals surface area contributed by atoms with Gasteiger partial charge in [0.2, 0.25) is 0 Å². The first-order valence-corrected chi connectivity index (χ1v) is 5.86. The molecule has 1 nitrogen and oxygen atoms in total. The average Bonchev–Trinajstić information content (AvgIpc) is 2.56. The number of carbonyl (C=O) groups is 1. The van der Waals surface area contributed by atoms with Gasteiger partial charge in [0.25, 0.3) is 0 Å². The Morgan fingerprint density at radius 3 is 1.77 bits per heavy atom. The largest absolute Gasteiger partial charge is 0.300 e. The van der Waals surface area contributed by atoms with Crippen LogP contribution in [0.4, 0.5) is 0 Å². The minimum Gasteiger partial charge on any atom is -0.300 e. The molecular formula is C12H16O. The summed E-state index contributed by atoms with van der Waals surface area (Å²) in [6, 6.07) is 0. The summed E-state index contributed by atoms with van der Waals surface area (Å²) < 4.78 is 0. The predicted molar refractivity (Wildman–Crippen MR) is 49.0 cm³/mol. The molecule has 13 heavy (non-hydrogen) atoms. The minimum atomic E-state index is 0.575. The normalized spacial score (nSPS) is 62.0. The quantitative estimate of drug-likeness (QED) is 0.553. The van der Waals surface area contributed by atoms with E-state index in [0.29, 0.717) is 5.78 Å². The van der Waals surface area contributed by atoms with Crippen molar-refractivity contribution in [2.45, 2.75) is 32.1 Å². The fraction of sp³-hybridized carbons (Fsp3) is 0.917. The summed E-state index contributed by atoms with van der Waals surface area (Å²) in [6.07, 6.45) is 6.38. The fourth-order valence-electron chi connectivity index (χ4n) is 5.11. The average molecular weight is 176 g/mol. The van der Waals surface area contributed by atoms with Crippen molar-refractivity contribution in [3.63, 3.8) is 0 Å². The Balaban J connectivity index is 1.73. The van der Waals surface area contributed by atoms with Crippen LogP contribution in [0.25, 0.3) is 0 Å². The molecule has 0 amide bonds. The topological polar surface area (TPSA) is 17.1 Å². The third-order valence-corrected chi connectivity index (χ3v) is 5.60. The van der Waals surface area contributed by atoms with Crippen LogP contribution in [-0.4, -0.2) is 5.78 Å². The number of hydrogen-bond donors (Lipinski definition) is 0. The zero-order valence-electron chi connectivity index (χ0n) is 7.91. The van der Waals surface area contributed by atoms with Gasteiger partial charge >= 0.3 is 0 Å². The van der Waals surface area contributed by atoms with E-state index in [4.69, 9.17) is 0 Å². The van der Waals surface area contributed by atoms with Crippen molar-refractivity contribution in [1.29, 1.82) is 0 Å². The lowest BCUT2D eigenvalue weighted by Gasteiger charge is -2.45. The Hall–Kier alpha value is -0.330. The van der Waals surface area contributed by atoms with Crippen molar-refractivity contribution in [2.24, 2.45) is 35.5 Å². The summed E-state index contributed by atoms with van der Waals surface area (Å²) in [5.41, 5.74) is 0. The Morgan fingerprint density at radius 1 is 0.769 bits per heavy atom. The lowest BCUT2D eigenvalue weighted by atomic mass is 9.60. The highest BCUT2D eigenvalue weighted by atomic mass is 16.1. The first-order valence-electron chi connectivity index (χ1n) is 5.86. The molecule has 0 radical (unpaired) electrons. The SMILES string of the molecule is O=C1CC2C(C1)C1CC2C2CCC21. The minimum absolute atomic E-state index is 0.575. The molecule has 4 fully saturated rings. The highest BCUT2D eigenvalue weighted by Gasteiger charge is 2.62. The standard InChI is InChI=1S/C12H16O/c13-6-3-9-10(4-6)12-5-11(9)7-1-2-8(7)12/h7-12H,1-5H2. The van der Waals surface area contributed by atoms with Gasteiger partial charge in [-0.1, -0.05) is 0 Å². The lowest BCUT2D eigenvalue weighted by Crippen LogP contribution is -2.38. The maximum absolute atomic E-state index is 11.4. The Bertz CT molecular complexity index is 257. The number of carbonyl (C=O) groups excluding carboxylic acids is 1. The number of Topliss-reactive ketones (excluding diaryl/α,β-unsaturated/α-hetero) is 1. The van der Waals surface area contributed by atoms with Gasteiger partial charge in [-0.3, -0.25) is 4.79 Å². The molecule has 0 spiro atoms. The maximum Gasteiger partial charge on any atom is 0.133 e. The molecule has 1 heteroatoms. The van der Waals surface area contributed by atoms with Crippen LogP contribution in [0.15, 0.2) is 0 Å². The first-order chi connectivity index (χ1) is 6.34. The molecular weight excluding hydrogens is 160 g/mol. The number of fused-ring (bicyclic) bond motifs is 8. The van der Waals surface area contributed by atoms with Gasteiger partial charge in [0.05, 0.1) is 0 Å². The van der Waals surface area contributed by atoms with Gasteiger partial charge in [0, 0.05) is 12.8 Å². The third kappa shape index (κ3) is 0.660. The zero-order chi connectivity index (χ0) is 8.58. The first kappa shape index (κ1) is 7.03. The van der Waals surface area contributed by atoms with Crippen LogP contribution < -0.4 is 0 Å². The number of hydrogen-bond acceptors (Lipinski definition) is 1. The Labute approximate surface area is 78.9 Å². The van der Waals surface area contributed by atoms with E-state index in [-0.39, 0.29) is 0 Å². The molecule has 0 aliphatic heterocycles. The van der Waals surface area contributed by atoms with E-state index >= 15 is 0 Å². The smallest absolute Gasteiger partial charge is 0.133 e. The molecule has 4 aliphatic carbocycles. The zero-order valence-corrected chi connectivity index (χ0v) is 7.91. The van der Waals surface area contributed by atoms with E-state index in [1.165, 1.54) is 19.3 Å². The summed E-state index contributed by atoms with van der Waals surface area (Å²) in [4.78, 5) is 11.4. The maximum atomic E-state index is 11.4. The van der Waals surface area contributed by atoms with E-state index in [0.717, 1.165) is 48.3 Å². The summed E-state index contributed by atoms with van der Waals surface area (Å²) >= 11 is 0. The van der Waals surface area contributed by atoms with Crippen molar-refractivity contribution in [3.05, 3.63) is 0 Å². The predicted octanol–water partition coefficient (Wildman–Crippen LogP) is 2.26. The Kier molecular flexibility index (Phi) is 1.09. The van der Waals surface area contributed by atoms with Crippen LogP contribution in [-0.2, 0) is 4.79 Å². The van der Waals surface area contributed by atoms with Crippen molar-refractivity contribution < 1.29 is 4.79 Å². The highest BCUT2D eigenvalue weighted by molar-refractivity contribution is 5.81. The van der Waals surface area contributed by atoms with Crippen LogP contribution in [0.1, 0.15) is 32.1 Å². The van der Waals surface area contributed by atoms with Gasteiger partial charge in [-0.2, -0.15) is 0 Å². The Morgan fingerprint density at radius 2 is 1.31 bits per heavy atom. The summed E-state index contributed by atoms with van der Waals surface area (Å²) in [5.74, 6) is 6.37. The second-order valence-electron chi connectivity index (χ2n) is 5.74. The molecule has 0 aromatic carbocycles. The number of rotatable bonds is 0. The summed E-state index contributed by atoms with van der Waals surface area (Å²) in [5, 5.41) is 0. The van der Waals surface area contributed by atoms with Crippen molar-refractivity contribution in [1.82, 2.24) is 0 Å². The second kappa shape index (κ2) is 2.02. The highest BCUT2D eigenvalue weighted by Crippen LogP contribution is 2.68. The molecule has 0 aromatic rings. The lowest BCUT2D eigenvalue weighted by molar-refractivity contribution is -0.118. The van der Waals surface area contributed by atoms with E-state index in [9.17, 15) is 4.79 Å².